The molecule has 2 aliphatic rings. The van der Waals surface area contributed by atoms with Gasteiger partial charge in [0.25, 0.3) is 15.9 Å². The van der Waals surface area contributed by atoms with Gasteiger partial charge in [-0.05, 0) is 78.0 Å². The third kappa shape index (κ3) is 9.26. The summed E-state index contributed by atoms with van der Waals surface area (Å²) in [4.78, 5) is 31.0. The topological polar surface area (TPSA) is 152 Å². The summed E-state index contributed by atoms with van der Waals surface area (Å²) < 4.78 is 46.9. The number of carbonyl (C=O) groups is 2. The second kappa shape index (κ2) is 16.3. The largest absolute Gasteiger partial charge is 0.490 e. The number of rotatable bonds is 8. The Morgan fingerprint density at radius 3 is 2.49 bits per heavy atom. The van der Waals surface area contributed by atoms with E-state index in [4.69, 9.17) is 14.0 Å². The number of hydrogen-bond acceptors (Lipinski definition) is 9. The SMILES string of the molecule is Cc1noc(C)c1S(=O)(=O)Nc1ccc2c(c1)C(=O)N([C@H](C)CO)C[C@H](C)[C@H](CN(C)C(=O)C1CCCCC1)OCCCC[C@@H](C)O2. The fraction of sp³-hybridized carbons (Fsp3) is 0.676. The number of aryl methyl sites for hydroxylation is 2. The second-order valence-corrected chi connectivity index (χ2v) is 14.9. The standard InChI is InChI=1S/C34H52N4O8S/c1-22-19-38(23(2)21-39)34(41)29-18-28(36-47(42,43)32-25(4)35-46-26(32)5)15-16-30(29)45-24(3)12-10-11-17-44-31(22)20-37(6)33(40)27-13-8-7-9-14-27/h15-16,18,22-24,27,31,36,39H,7-14,17,19-21H2,1-6H3/t22-,23+,24+,31-/m0/s1. The minimum atomic E-state index is -4.07. The van der Waals surface area contributed by atoms with Crippen molar-refractivity contribution in [2.45, 2.75) is 109 Å². The zero-order valence-corrected chi connectivity index (χ0v) is 29.5. The van der Waals surface area contributed by atoms with Crippen molar-refractivity contribution in [1.29, 1.82) is 0 Å². The highest BCUT2D eigenvalue weighted by atomic mass is 32.2. The number of carbonyl (C=O) groups excluding carboxylic acids is 2. The second-order valence-electron chi connectivity index (χ2n) is 13.3. The minimum absolute atomic E-state index is 0.0391. The van der Waals surface area contributed by atoms with E-state index in [2.05, 4.69) is 9.88 Å². The van der Waals surface area contributed by atoms with Gasteiger partial charge in [-0.2, -0.15) is 0 Å². The Morgan fingerprint density at radius 2 is 1.83 bits per heavy atom. The molecule has 262 valence electrons. The molecule has 0 saturated heterocycles. The fourth-order valence-corrected chi connectivity index (χ4v) is 7.92. The molecule has 4 rings (SSSR count). The van der Waals surface area contributed by atoms with E-state index < -0.39 is 22.0 Å². The maximum Gasteiger partial charge on any atom is 0.267 e. The van der Waals surface area contributed by atoms with Crippen LogP contribution >= 0.6 is 0 Å². The van der Waals surface area contributed by atoms with Crippen LogP contribution in [0.25, 0.3) is 0 Å². The molecule has 1 aliphatic heterocycles. The normalized spacial score (nSPS) is 22.9. The predicted octanol–water partition coefficient (Wildman–Crippen LogP) is 4.93. The molecular formula is C34H52N4O8S. The number of nitrogens with one attached hydrogen (secondary N) is 1. The summed E-state index contributed by atoms with van der Waals surface area (Å²) in [7, 11) is -2.24. The van der Waals surface area contributed by atoms with Crippen LogP contribution < -0.4 is 9.46 Å². The summed E-state index contributed by atoms with van der Waals surface area (Å²) in [5, 5.41) is 14.0. The van der Waals surface area contributed by atoms with Gasteiger partial charge in [0.2, 0.25) is 5.91 Å². The summed E-state index contributed by atoms with van der Waals surface area (Å²) >= 11 is 0. The van der Waals surface area contributed by atoms with Crippen LogP contribution in [-0.2, 0) is 19.6 Å². The Labute approximate surface area is 279 Å². The van der Waals surface area contributed by atoms with Gasteiger partial charge in [0.05, 0.1) is 30.4 Å². The third-order valence-corrected chi connectivity index (χ3v) is 10.9. The summed E-state index contributed by atoms with van der Waals surface area (Å²) in [5.41, 5.74) is 0.562. The monoisotopic (exact) mass is 676 g/mol. The molecule has 0 spiro atoms. The van der Waals surface area contributed by atoms with Crippen molar-refractivity contribution in [1.82, 2.24) is 15.0 Å². The van der Waals surface area contributed by atoms with Crippen LogP contribution in [0.2, 0.25) is 0 Å². The molecule has 0 radical (unpaired) electrons. The molecule has 47 heavy (non-hydrogen) atoms. The van der Waals surface area contributed by atoms with E-state index in [1.165, 1.54) is 19.4 Å². The van der Waals surface area contributed by atoms with Gasteiger partial charge in [-0.1, -0.05) is 31.3 Å². The summed E-state index contributed by atoms with van der Waals surface area (Å²) in [6, 6.07) is 4.07. The molecule has 2 amide bonds. The highest BCUT2D eigenvalue weighted by Gasteiger charge is 2.33. The zero-order chi connectivity index (χ0) is 34.3. The molecule has 2 aromatic rings. The van der Waals surface area contributed by atoms with Crippen molar-refractivity contribution < 1.29 is 37.1 Å². The van der Waals surface area contributed by atoms with Crippen LogP contribution in [-0.4, -0.2) is 91.9 Å². The van der Waals surface area contributed by atoms with Gasteiger partial charge in [-0.3, -0.25) is 14.3 Å². The van der Waals surface area contributed by atoms with Crippen LogP contribution in [0.5, 0.6) is 5.75 Å². The first-order chi connectivity index (χ1) is 22.3. The first-order valence-corrected chi connectivity index (χ1v) is 18.4. The Hall–Kier alpha value is -3.16. The maximum absolute atomic E-state index is 14.4. The van der Waals surface area contributed by atoms with Crippen molar-refractivity contribution in [2.75, 3.05) is 38.1 Å². The van der Waals surface area contributed by atoms with E-state index in [1.807, 2.05) is 20.9 Å². The fourth-order valence-electron chi connectivity index (χ4n) is 6.53. The Morgan fingerprint density at radius 1 is 1.13 bits per heavy atom. The van der Waals surface area contributed by atoms with E-state index in [1.54, 1.807) is 35.8 Å². The molecule has 1 fully saturated rings. The van der Waals surface area contributed by atoms with Crippen molar-refractivity contribution in [3.05, 3.63) is 35.2 Å². The molecular weight excluding hydrogens is 624 g/mol. The van der Waals surface area contributed by atoms with E-state index in [9.17, 15) is 23.1 Å². The number of sulfonamides is 1. The first-order valence-electron chi connectivity index (χ1n) is 16.9. The summed E-state index contributed by atoms with van der Waals surface area (Å²) in [5.74, 6) is 0.0540. The first kappa shape index (κ1) is 36.7. The molecule has 2 heterocycles. The van der Waals surface area contributed by atoms with Crippen LogP contribution in [0.1, 0.15) is 93.9 Å². The Kier molecular flexibility index (Phi) is 12.7. The lowest BCUT2D eigenvalue weighted by molar-refractivity contribution is -0.137. The molecule has 1 saturated carbocycles. The van der Waals surface area contributed by atoms with E-state index in [0.29, 0.717) is 25.3 Å². The number of likely N-dealkylation sites (N-methyl/N-ethyl adjacent to an activating group) is 1. The van der Waals surface area contributed by atoms with Gasteiger partial charge < -0.3 is 28.9 Å². The van der Waals surface area contributed by atoms with E-state index >= 15 is 0 Å². The number of fused-ring (bicyclic) bond motifs is 1. The third-order valence-electron chi connectivity index (χ3n) is 9.32. The number of aliphatic hydroxyl groups is 1. The number of nitrogens with zero attached hydrogens (tertiary/aromatic N) is 3. The van der Waals surface area contributed by atoms with Crippen LogP contribution in [0.15, 0.2) is 27.6 Å². The lowest BCUT2D eigenvalue weighted by Crippen LogP contribution is -2.48. The van der Waals surface area contributed by atoms with Gasteiger partial charge in [-0.15, -0.1) is 0 Å². The molecule has 0 unspecified atom stereocenters. The van der Waals surface area contributed by atoms with E-state index in [0.717, 1.165) is 38.5 Å². The van der Waals surface area contributed by atoms with Crippen molar-refractivity contribution >= 4 is 27.5 Å². The Bertz CT molecular complexity index is 1450. The molecule has 1 aromatic carbocycles. The molecule has 13 heteroatoms. The van der Waals surface area contributed by atoms with Gasteiger partial charge in [0.1, 0.15) is 11.4 Å². The molecule has 4 atom stereocenters. The summed E-state index contributed by atoms with van der Waals surface area (Å²) in [6.45, 7) is 9.62. The number of benzene rings is 1. The zero-order valence-electron chi connectivity index (χ0n) is 28.7. The number of aliphatic hydroxyl groups excluding tert-OH is 1. The van der Waals surface area contributed by atoms with Crippen LogP contribution in [0.3, 0.4) is 0 Å². The predicted molar refractivity (Wildman–Crippen MR) is 178 cm³/mol. The highest BCUT2D eigenvalue weighted by Crippen LogP contribution is 2.31. The molecule has 1 aliphatic carbocycles. The number of anilines is 1. The average molecular weight is 677 g/mol. The van der Waals surface area contributed by atoms with Gasteiger partial charge in [0, 0.05) is 44.3 Å². The molecule has 2 N–H and O–H groups in total. The summed E-state index contributed by atoms with van der Waals surface area (Å²) in [6.07, 6.45) is 6.94. The van der Waals surface area contributed by atoms with Gasteiger partial charge in [-0.25, -0.2) is 8.42 Å². The van der Waals surface area contributed by atoms with Crippen molar-refractivity contribution in [3.8, 4) is 5.75 Å². The molecule has 12 nitrogen and oxygen atoms in total. The molecule has 1 aromatic heterocycles. The number of aromatic nitrogens is 1. The number of hydrogen-bond donors (Lipinski definition) is 2. The Balaban J connectivity index is 1.65. The molecule has 0 bridgehead atoms. The number of amides is 2. The lowest BCUT2D eigenvalue weighted by Gasteiger charge is -2.36. The minimum Gasteiger partial charge on any atom is -0.490 e. The van der Waals surface area contributed by atoms with Crippen molar-refractivity contribution in [2.24, 2.45) is 11.8 Å². The van der Waals surface area contributed by atoms with Crippen molar-refractivity contribution in [3.63, 3.8) is 0 Å². The average Bonchev–Trinajstić information content (AvgIpc) is 3.40. The quantitative estimate of drug-likeness (QED) is 0.397. The lowest BCUT2D eigenvalue weighted by atomic mass is 9.88. The van der Waals surface area contributed by atoms with Gasteiger partial charge in [0.15, 0.2) is 10.7 Å². The maximum atomic E-state index is 14.4. The van der Waals surface area contributed by atoms with Crippen LogP contribution in [0, 0.1) is 25.7 Å². The van der Waals surface area contributed by atoms with E-state index in [-0.39, 0.29) is 70.7 Å². The number of ether oxygens (including phenoxy) is 2. The smallest absolute Gasteiger partial charge is 0.267 e. The van der Waals surface area contributed by atoms with Crippen LogP contribution in [0.4, 0.5) is 5.69 Å². The highest BCUT2D eigenvalue weighted by molar-refractivity contribution is 7.92. The van der Waals surface area contributed by atoms with Gasteiger partial charge >= 0.3 is 0 Å².